The Morgan fingerprint density at radius 3 is 2.82 bits per heavy atom. The number of nitrogens with two attached hydrogens (primary N) is 1. The number of hydrogen-bond donors (Lipinski definition) is 1. The maximum atomic E-state index is 5.93. The average molecular weight is 180 g/mol. The maximum Gasteiger partial charge on any atom is 0.0630 e. The number of rotatable bonds is 7. The van der Waals surface area contributed by atoms with Gasteiger partial charge in [-0.15, -0.1) is 11.6 Å². The maximum absolute atomic E-state index is 5.93. The van der Waals surface area contributed by atoms with Crippen molar-refractivity contribution in [2.75, 3.05) is 19.8 Å². The molecule has 0 fully saturated rings. The lowest BCUT2D eigenvalue weighted by Crippen LogP contribution is -2.14. The predicted octanol–water partition coefficient (Wildman–Crippen LogP) is 1.76. The van der Waals surface area contributed by atoms with E-state index >= 15 is 0 Å². The Labute approximate surface area is 74.1 Å². The number of ether oxygens (including phenoxy) is 1. The minimum absolute atomic E-state index is 0.168. The van der Waals surface area contributed by atoms with E-state index in [-0.39, 0.29) is 5.38 Å². The molecule has 0 radical (unpaired) electrons. The lowest BCUT2D eigenvalue weighted by Gasteiger charge is -2.08. The summed E-state index contributed by atoms with van der Waals surface area (Å²) in [5, 5.41) is 0.168. The molecule has 0 aromatic carbocycles. The molecule has 0 saturated heterocycles. The van der Waals surface area contributed by atoms with Gasteiger partial charge >= 0.3 is 0 Å². The highest BCUT2D eigenvalue weighted by Crippen LogP contribution is 2.07. The van der Waals surface area contributed by atoms with Crippen molar-refractivity contribution in [3.63, 3.8) is 0 Å². The van der Waals surface area contributed by atoms with Crippen molar-refractivity contribution in [3.8, 4) is 0 Å². The minimum Gasteiger partial charge on any atom is -0.379 e. The molecular formula is C8H18ClNO. The fourth-order valence-corrected chi connectivity index (χ4v) is 1.05. The van der Waals surface area contributed by atoms with Gasteiger partial charge in [0.25, 0.3) is 0 Å². The van der Waals surface area contributed by atoms with Crippen LogP contribution in [-0.2, 0) is 4.74 Å². The summed E-state index contributed by atoms with van der Waals surface area (Å²) >= 11 is 5.93. The van der Waals surface area contributed by atoms with Gasteiger partial charge in [0.05, 0.1) is 18.6 Å². The van der Waals surface area contributed by atoms with Crippen molar-refractivity contribution >= 4 is 11.6 Å². The van der Waals surface area contributed by atoms with Crippen molar-refractivity contribution < 1.29 is 4.74 Å². The zero-order valence-electron chi connectivity index (χ0n) is 7.18. The van der Waals surface area contributed by atoms with Gasteiger partial charge in [0, 0.05) is 6.54 Å². The smallest absolute Gasteiger partial charge is 0.0630 e. The topological polar surface area (TPSA) is 35.2 Å². The van der Waals surface area contributed by atoms with E-state index in [1.54, 1.807) is 0 Å². The first kappa shape index (κ1) is 11.2. The highest BCUT2D eigenvalue weighted by molar-refractivity contribution is 6.20. The van der Waals surface area contributed by atoms with Crippen molar-refractivity contribution in [1.29, 1.82) is 0 Å². The number of halogens is 1. The van der Waals surface area contributed by atoms with E-state index in [1.807, 2.05) is 0 Å². The molecule has 0 aromatic rings. The molecule has 0 rings (SSSR count). The van der Waals surface area contributed by atoms with E-state index in [4.69, 9.17) is 22.1 Å². The van der Waals surface area contributed by atoms with E-state index in [0.717, 1.165) is 6.42 Å². The lowest BCUT2D eigenvalue weighted by molar-refractivity contribution is 0.139. The lowest BCUT2D eigenvalue weighted by atomic mass is 10.2. The highest BCUT2D eigenvalue weighted by atomic mass is 35.5. The van der Waals surface area contributed by atoms with Gasteiger partial charge in [0.15, 0.2) is 0 Å². The standard InChI is InChI=1S/C8H18ClNO/c1-2-3-4-8(9)7-11-6-5-10/h8H,2-7,10H2,1H3. The van der Waals surface area contributed by atoms with Crippen molar-refractivity contribution in [3.05, 3.63) is 0 Å². The molecule has 0 aliphatic carbocycles. The van der Waals surface area contributed by atoms with Crippen LogP contribution in [0.2, 0.25) is 0 Å². The second kappa shape index (κ2) is 8.31. The summed E-state index contributed by atoms with van der Waals surface area (Å²) in [6.45, 7) is 4.00. The molecule has 0 aliphatic heterocycles. The molecule has 11 heavy (non-hydrogen) atoms. The predicted molar refractivity (Wildman–Crippen MR) is 49.0 cm³/mol. The summed E-state index contributed by atoms with van der Waals surface area (Å²) in [5.74, 6) is 0. The summed E-state index contributed by atoms with van der Waals surface area (Å²) in [6.07, 6.45) is 3.42. The van der Waals surface area contributed by atoms with E-state index in [1.165, 1.54) is 12.8 Å². The van der Waals surface area contributed by atoms with Crippen LogP contribution in [0.25, 0.3) is 0 Å². The van der Waals surface area contributed by atoms with Crippen molar-refractivity contribution in [1.82, 2.24) is 0 Å². The SMILES string of the molecule is CCCCC(Cl)COCCN. The molecule has 2 N–H and O–H groups in total. The van der Waals surface area contributed by atoms with Gasteiger partial charge in [0.1, 0.15) is 0 Å². The molecule has 3 heteroatoms. The van der Waals surface area contributed by atoms with Crippen LogP contribution in [0, 0.1) is 0 Å². The number of alkyl halides is 1. The van der Waals surface area contributed by atoms with Crippen LogP contribution in [0.4, 0.5) is 0 Å². The Bertz CT molecular complexity index is 80.5. The zero-order chi connectivity index (χ0) is 8.53. The molecule has 2 nitrogen and oxygen atoms in total. The third kappa shape index (κ3) is 8.11. The quantitative estimate of drug-likeness (QED) is 0.478. The van der Waals surface area contributed by atoms with E-state index in [0.29, 0.717) is 19.8 Å². The van der Waals surface area contributed by atoms with Gasteiger partial charge in [-0.1, -0.05) is 19.8 Å². The van der Waals surface area contributed by atoms with Crippen LogP contribution in [0.5, 0.6) is 0 Å². The van der Waals surface area contributed by atoms with Crippen LogP contribution in [0.15, 0.2) is 0 Å². The largest absolute Gasteiger partial charge is 0.379 e. The van der Waals surface area contributed by atoms with Gasteiger partial charge in [-0.2, -0.15) is 0 Å². The van der Waals surface area contributed by atoms with Crippen molar-refractivity contribution in [2.45, 2.75) is 31.6 Å². The Morgan fingerprint density at radius 2 is 2.27 bits per heavy atom. The summed E-state index contributed by atoms with van der Waals surface area (Å²) in [4.78, 5) is 0. The summed E-state index contributed by atoms with van der Waals surface area (Å²) in [6, 6.07) is 0. The second-order valence-electron chi connectivity index (χ2n) is 2.60. The fourth-order valence-electron chi connectivity index (χ4n) is 0.803. The summed E-state index contributed by atoms with van der Waals surface area (Å²) in [7, 11) is 0. The van der Waals surface area contributed by atoms with Crippen LogP contribution < -0.4 is 5.73 Å². The van der Waals surface area contributed by atoms with Gasteiger partial charge in [-0.3, -0.25) is 0 Å². The van der Waals surface area contributed by atoms with E-state index in [9.17, 15) is 0 Å². The highest BCUT2D eigenvalue weighted by Gasteiger charge is 2.02. The van der Waals surface area contributed by atoms with Crippen LogP contribution >= 0.6 is 11.6 Å². The van der Waals surface area contributed by atoms with Crippen LogP contribution in [-0.4, -0.2) is 25.1 Å². The number of unbranched alkanes of at least 4 members (excludes halogenated alkanes) is 1. The molecule has 0 bridgehead atoms. The van der Waals surface area contributed by atoms with Crippen LogP contribution in [0.1, 0.15) is 26.2 Å². The normalized spacial score (nSPS) is 13.4. The van der Waals surface area contributed by atoms with Gasteiger partial charge in [-0.05, 0) is 6.42 Å². The van der Waals surface area contributed by atoms with E-state index < -0.39 is 0 Å². The third-order valence-electron chi connectivity index (χ3n) is 1.43. The first-order valence-corrected chi connectivity index (χ1v) is 4.66. The van der Waals surface area contributed by atoms with Gasteiger partial charge in [-0.25, -0.2) is 0 Å². The van der Waals surface area contributed by atoms with Gasteiger partial charge in [0.2, 0.25) is 0 Å². The van der Waals surface area contributed by atoms with Crippen molar-refractivity contribution in [2.24, 2.45) is 5.73 Å². The van der Waals surface area contributed by atoms with Crippen LogP contribution in [0.3, 0.4) is 0 Å². The Kier molecular flexibility index (Phi) is 8.47. The fraction of sp³-hybridized carbons (Fsp3) is 1.00. The number of hydrogen-bond acceptors (Lipinski definition) is 2. The molecule has 0 heterocycles. The Balaban J connectivity index is 3.02. The van der Waals surface area contributed by atoms with E-state index in [2.05, 4.69) is 6.92 Å². The molecule has 68 valence electrons. The Hall–Kier alpha value is 0.210. The summed E-state index contributed by atoms with van der Waals surface area (Å²) in [5.41, 5.74) is 5.25. The molecule has 0 aliphatic rings. The first-order valence-electron chi connectivity index (χ1n) is 4.23. The van der Waals surface area contributed by atoms with Gasteiger partial charge < -0.3 is 10.5 Å². The monoisotopic (exact) mass is 179 g/mol. The molecule has 0 spiro atoms. The minimum atomic E-state index is 0.168. The second-order valence-corrected chi connectivity index (χ2v) is 3.22. The molecule has 0 amide bonds. The average Bonchev–Trinajstić information content (AvgIpc) is 2.01. The first-order chi connectivity index (χ1) is 5.31. The Morgan fingerprint density at radius 1 is 1.55 bits per heavy atom. The molecule has 0 saturated carbocycles. The molecule has 1 unspecified atom stereocenters. The molecule has 0 aromatic heterocycles. The zero-order valence-corrected chi connectivity index (χ0v) is 7.94. The summed E-state index contributed by atoms with van der Waals surface area (Å²) < 4.78 is 5.18. The molecule has 1 atom stereocenters. The molecular weight excluding hydrogens is 162 g/mol. The third-order valence-corrected chi connectivity index (χ3v) is 1.78.